The fourth-order valence-electron chi connectivity index (χ4n) is 3.13. The average molecular weight is 314 g/mol. The van der Waals surface area contributed by atoms with E-state index >= 15 is 0 Å². The van der Waals surface area contributed by atoms with Gasteiger partial charge in [0.2, 0.25) is 0 Å². The monoisotopic (exact) mass is 314 g/mol. The van der Waals surface area contributed by atoms with E-state index in [1.54, 1.807) is 25.5 Å². The summed E-state index contributed by atoms with van der Waals surface area (Å²) >= 11 is 0. The van der Waals surface area contributed by atoms with Gasteiger partial charge in [0.05, 0.1) is 11.4 Å². The first-order chi connectivity index (χ1) is 11.1. The number of hydrogen-bond donors (Lipinski definition) is 0. The molecule has 1 aliphatic rings. The summed E-state index contributed by atoms with van der Waals surface area (Å²) in [5, 5.41) is 4.06. The SMILES string of the molecule is Cc1onc(C(C)C)c1C(=O)N1CCCC(c2cnccn2)C1. The highest BCUT2D eigenvalue weighted by Crippen LogP contribution is 2.28. The van der Waals surface area contributed by atoms with E-state index in [9.17, 15) is 4.79 Å². The first-order valence-corrected chi connectivity index (χ1v) is 8.09. The molecule has 0 bridgehead atoms. The molecule has 2 aromatic heterocycles. The van der Waals surface area contributed by atoms with Crippen molar-refractivity contribution >= 4 is 5.91 Å². The van der Waals surface area contributed by atoms with E-state index in [4.69, 9.17) is 4.52 Å². The van der Waals surface area contributed by atoms with Crippen LogP contribution in [-0.2, 0) is 0 Å². The minimum absolute atomic E-state index is 0.0149. The van der Waals surface area contributed by atoms with Crippen molar-refractivity contribution in [1.82, 2.24) is 20.0 Å². The van der Waals surface area contributed by atoms with Crippen LogP contribution < -0.4 is 0 Å². The number of aryl methyl sites for hydroxylation is 1. The highest BCUT2D eigenvalue weighted by atomic mass is 16.5. The molecule has 23 heavy (non-hydrogen) atoms. The topological polar surface area (TPSA) is 72.1 Å². The Balaban J connectivity index is 1.82. The molecule has 3 rings (SSSR count). The Morgan fingerprint density at radius 1 is 1.39 bits per heavy atom. The fraction of sp³-hybridized carbons (Fsp3) is 0.529. The van der Waals surface area contributed by atoms with Gasteiger partial charge >= 0.3 is 0 Å². The maximum absolute atomic E-state index is 13.0. The lowest BCUT2D eigenvalue weighted by Crippen LogP contribution is -2.39. The summed E-state index contributed by atoms with van der Waals surface area (Å²) in [7, 11) is 0. The Kier molecular flexibility index (Phi) is 4.41. The molecule has 6 heteroatoms. The van der Waals surface area contributed by atoms with Crippen LogP contribution in [0.2, 0.25) is 0 Å². The first kappa shape index (κ1) is 15.6. The second kappa shape index (κ2) is 6.48. The minimum Gasteiger partial charge on any atom is -0.361 e. The van der Waals surface area contributed by atoms with E-state index in [0.29, 0.717) is 17.9 Å². The third kappa shape index (κ3) is 3.11. The normalized spacial score (nSPS) is 18.4. The van der Waals surface area contributed by atoms with Crippen LogP contribution in [0, 0.1) is 6.92 Å². The molecule has 3 heterocycles. The Morgan fingerprint density at radius 2 is 2.22 bits per heavy atom. The molecule has 0 radical (unpaired) electrons. The molecular formula is C17H22N4O2. The summed E-state index contributed by atoms with van der Waals surface area (Å²) in [4.78, 5) is 23.4. The third-order valence-corrected chi connectivity index (χ3v) is 4.36. The Morgan fingerprint density at radius 3 is 2.91 bits per heavy atom. The molecule has 1 atom stereocenters. The molecule has 0 N–H and O–H groups in total. The highest BCUT2D eigenvalue weighted by molar-refractivity contribution is 5.96. The zero-order chi connectivity index (χ0) is 16.4. The van der Waals surface area contributed by atoms with E-state index < -0.39 is 0 Å². The van der Waals surface area contributed by atoms with Crippen molar-refractivity contribution in [2.45, 2.75) is 45.4 Å². The molecule has 6 nitrogen and oxygen atoms in total. The van der Waals surface area contributed by atoms with Gasteiger partial charge in [0.25, 0.3) is 5.91 Å². The van der Waals surface area contributed by atoms with Crippen molar-refractivity contribution < 1.29 is 9.32 Å². The number of likely N-dealkylation sites (tertiary alicyclic amines) is 1. The van der Waals surface area contributed by atoms with Crippen molar-refractivity contribution in [3.63, 3.8) is 0 Å². The summed E-state index contributed by atoms with van der Waals surface area (Å²) in [6.45, 7) is 7.27. The van der Waals surface area contributed by atoms with Crippen molar-refractivity contribution in [2.75, 3.05) is 13.1 Å². The van der Waals surface area contributed by atoms with Gasteiger partial charge in [-0.1, -0.05) is 19.0 Å². The third-order valence-electron chi connectivity index (χ3n) is 4.36. The number of carbonyl (C=O) groups is 1. The van der Waals surface area contributed by atoms with E-state index in [0.717, 1.165) is 30.8 Å². The predicted molar refractivity (Wildman–Crippen MR) is 85.2 cm³/mol. The molecule has 0 aromatic carbocycles. The van der Waals surface area contributed by atoms with Crippen molar-refractivity contribution in [3.05, 3.63) is 41.3 Å². The number of hydrogen-bond acceptors (Lipinski definition) is 5. The van der Waals surface area contributed by atoms with Gasteiger partial charge in [-0.25, -0.2) is 0 Å². The predicted octanol–water partition coefficient (Wildman–Crippen LogP) is 2.92. The van der Waals surface area contributed by atoms with E-state index in [1.165, 1.54) is 0 Å². The van der Waals surface area contributed by atoms with Crippen LogP contribution in [0.5, 0.6) is 0 Å². The van der Waals surface area contributed by atoms with Crippen LogP contribution in [0.3, 0.4) is 0 Å². The molecule has 0 spiro atoms. The number of aromatic nitrogens is 3. The number of amides is 1. The summed E-state index contributed by atoms with van der Waals surface area (Å²) in [5.74, 6) is 1.01. The Hall–Kier alpha value is -2.24. The standard InChI is InChI=1S/C17H22N4O2/c1-11(2)16-15(12(3)23-20-16)17(22)21-8-4-5-13(10-21)14-9-18-6-7-19-14/h6-7,9,11,13H,4-5,8,10H2,1-3H3. The van der Waals surface area contributed by atoms with Crippen molar-refractivity contribution in [1.29, 1.82) is 0 Å². The minimum atomic E-state index is 0.0149. The average Bonchev–Trinajstić information content (AvgIpc) is 2.97. The van der Waals surface area contributed by atoms with Crippen LogP contribution in [0.4, 0.5) is 0 Å². The Labute approximate surface area is 135 Å². The van der Waals surface area contributed by atoms with Gasteiger partial charge < -0.3 is 9.42 Å². The van der Waals surface area contributed by atoms with Crippen LogP contribution in [0.25, 0.3) is 0 Å². The Bertz CT molecular complexity index is 681. The summed E-state index contributed by atoms with van der Waals surface area (Å²) in [5.41, 5.74) is 2.32. The van der Waals surface area contributed by atoms with Crippen molar-refractivity contribution in [2.24, 2.45) is 0 Å². The molecule has 1 aliphatic heterocycles. The molecule has 1 fully saturated rings. The summed E-state index contributed by atoms with van der Waals surface area (Å²) in [6, 6.07) is 0. The van der Waals surface area contributed by atoms with E-state index in [2.05, 4.69) is 15.1 Å². The maximum Gasteiger partial charge on any atom is 0.259 e. The van der Waals surface area contributed by atoms with Crippen LogP contribution in [0.1, 0.15) is 66.0 Å². The van der Waals surface area contributed by atoms with Crippen LogP contribution in [0.15, 0.2) is 23.1 Å². The number of carbonyl (C=O) groups excluding carboxylic acids is 1. The second-order valence-electron chi connectivity index (χ2n) is 6.37. The van der Waals surface area contributed by atoms with Gasteiger partial charge in [-0.2, -0.15) is 0 Å². The lowest BCUT2D eigenvalue weighted by atomic mass is 9.94. The van der Waals surface area contributed by atoms with Gasteiger partial charge in [-0.3, -0.25) is 14.8 Å². The van der Waals surface area contributed by atoms with Gasteiger partial charge in [-0.05, 0) is 25.7 Å². The van der Waals surface area contributed by atoms with Gasteiger partial charge in [0.1, 0.15) is 11.3 Å². The first-order valence-electron chi connectivity index (χ1n) is 8.09. The smallest absolute Gasteiger partial charge is 0.259 e. The van der Waals surface area contributed by atoms with Crippen LogP contribution >= 0.6 is 0 Å². The molecule has 1 saturated heterocycles. The highest BCUT2D eigenvalue weighted by Gasteiger charge is 2.31. The number of rotatable bonds is 3. The summed E-state index contributed by atoms with van der Waals surface area (Å²) in [6.07, 6.45) is 7.17. The van der Waals surface area contributed by atoms with Gasteiger partial charge in [-0.15, -0.1) is 0 Å². The molecule has 0 saturated carbocycles. The summed E-state index contributed by atoms with van der Waals surface area (Å²) < 4.78 is 5.26. The van der Waals surface area contributed by atoms with Gasteiger partial charge in [0, 0.05) is 37.6 Å². The molecule has 1 unspecified atom stereocenters. The largest absolute Gasteiger partial charge is 0.361 e. The number of piperidine rings is 1. The van der Waals surface area contributed by atoms with Crippen LogP contribution in [-0.4, -0.2) is 39.0 Å². The quantitative estimate of drug-likeness (QED) is 0.871. The lowest BCUT2D eigenvalue weighted by Gasteiger charge is -2.32. The molecule has 1 amide bonds. The van der Waals surface area contributed by atoms with Gasteiger partial charge in [0.15, 0.2) is 0 Å². The fourth-order valence-corrected chi connectivity index (χ4v) is 3.13. The lowest BCUT2D eigenvalue weighted by molar-refractivity contribution is 0.0702. The molecular weight excluding hydrogens is 292 g/mol. The number of nitrogens with zero attached hydrogens (tertiary/aromatic N) is 4. The maximum atomic E-state index is 13.0. The molecule has 0 aliphatic carbocycles. The van der Waals surface area contributed by atoms with E-state index in [1.807, 2.05) is 18.7 Å². The molecule has 2 aromatic rings. The molecule has 122 valence electrons. The zero-order valence-corrected chi connectivity index (χ0v) is 13.8. The second-order valence-corrected chi connectivity index (χ2v) is 6.37. The van der Waals surface area contributed by atoms with E-state index in [-0.39, 0.29) is 17.7 Å². The van der Waals surface area contributed by atoms with Crippen molar-refractivity contribution in [3.8, 4) is 0 Å². The zero-order valence-electron chi connectivity index (χ0n) is 13.8.